The molecule has 0 aliphatic heterocycles. The summed E-state index contributed by atoms with van der Waals surface area (Å²) >= 11 is 0. The first-order chi connectivity index (χ1) is 16.9. The van der Waals surface area contributed by atoms with Crippen LogP contribution in [0.5, 0.6) is 5.75 Å². The molecule has 0 radical (unpaired) electrons. The van der Waals surface area contributed by atoms with Gasteiger partial charge in [0, 0.05) is 19.0 Å². The molecule has 0 fully saturated rings. The van der Waals surface area contributed by atoms with Crippen molar-refractivity contribution in [3.63, 3.8) is 0 Å². The normalized spacial score (nSPS) is 12.5. The Kier molecular flexibility index (Phi) is 9.41. The fourth-order valence-electron chi connectivity index (χ4n) is 3.72. The van der Waals surface area contributed by atoms with Crippen LogP contribution >= 0.6 is 0 Å². The van der Waals surface area contributed by atoms with E-state index in [1.807, 2.05) is 75.4 Å². The maximum absolute atomic E-state index is 13.5. The lowest BCUT2D eigenvalue weighted by Gasteiger charge is -2.32. The second-order valence-electron chi connectivity index (χ2n) is 8.73. The predicted octanol–water partition coefficient (Wildman–Crippen LogP) is 5.07. The number of nitrogens with zero attached hydrogens (tertiary/aromatic N) is 1. The number of rotatable bonds is 11. The Bertz CT molecular complexity index is 1100. The van der Waals surface area contributed by atoms with Gasteiger partial charge < -0.3 is 15.0 Å². The standard InChI is InChI=1S/C29H33FN2O3/c1-4-22(3)31-29(34)26(18-23-11-6-5-7-12-23)32(19-24-14-16-25(30)17-15-24)28(33)20-35-27-13-9-8-10-21(27)2/h5-17,22,26H,4,18-20H2,1-3H3,(H,31,34)/t22-,26-/m0/s1. The molecule has 2 atom stereocenters. The maximum Gasteiger partial charge on any atom is 0.261 e. The van der Waals surface area contributed by atoms with E-state index in [-0.39, 0.29) is 36.8 Å². The van der Waals surface area contributed by atoms with E-state index in [2.05, 4.69) is 5.32 Å². The molecule has 3 aromatic rings. The summed E-state index contributed by atoms with van der Waals surface area (Å²) in [5.74, 6) is -0.288. The number of nitrogens with one attached hydrogen (secondary N) is 1. The Morgan fingerprint density at radius 1 is 0.943 bits per heavy atom. The Balaban J connectivity index is 1.91. The van der Waals surface area contributed by atoms with Gasteiger partial charge in [0.2, 0.25) is 5.91 Å². The van der Waals surface area contributed by atoms with Gasteiger partial charge in [-0.1, -0.05) is 67.6 Å². The van der Waals surface area contributed by atoms with E-state index in [9.17, 15) is 14.0 Å². The third-order valence-corrected chi connectivity index (χ3v) is 5.98. The molecule has 35 heavy (non-hydrogen) atoms. The molecule has 3 rings (SSSR count). The quantitative estimate of drug-likeness (QED) is 0.421. The minimum atomic E-state index is -0.760. The molecule has 0 bridgehead atoms. The summed E-state index contributed by atoms with van der Waals surface area (Å²) in [6.07, 6.45) is 1.12. The number of para-hydroxylation sites is 1. The average molecular weight is 477 g/mol. The molecular weight excluding hydrogens is 443 g/mol. The molecule has 184 valence electrons. The summed E-state index contributed by atoms with van der Waals surface area (Å²) in [6, 6.07) is 22.2. The summed E-state index contributed by atoms with van der Waals surface area (Å²) < 4.78 is 19.4. The number of hydrogen-bond acceptors (Lipinski definition) is 3. The van der Waals surface area contributed by atoms with Gasteiger partial charge in [-0.05, 0) is 55.2 Å². The number of carbonyl (C=O) groups is 2. The molecular formula is C29H33FN2O3. The van der Waals surface area contributed by atoms with Crippen LogP contribution in [0.4, 0.5) is 4.39 Å². The van der Waals surface area contributed by atoms with Crippen LogP contribution in [0.3, 0.4) is 0 Å². The maximum atomic E-state index is 13.5. The Hall–Kier alpha value is -3.67. The molecule has 0 aliphatic rings. The zero-order valence-corrected chi connectivity index (χ0v) is 20.5. The zero-order valence-electron chi connectivity index (χ0n) is 20.5. The molecule has 0 unspecified atom stereocenters. The van der Waals surface area contributed by atoms with E-state index in [0.29, 0.717) is 12.2 Å². The van der Waals surface area contributed by atoms with E-state index in [1.165, 1.54) is 17.0 Å². The van der Waals surface area contributed by atoms with Gasteiger partial charge in [-0.25, -0.2) is 4.39 Å². The van der Waals surface area contributed by atoms with Gasteiger partial charge >= 0.3 is 0 Å². The fraction of sp³-hybridized carbons (Fsp3) is 0.310. The van der Waals surface area contributed by atoms with Crippen LogP contribution in [0, 0.1) is 12.7 Å². The van der Waals surface area contributed by atoms with Crippen molar-refractivity contribution >= 4 is 11.8 Å². The Morgan fingerprint density at radius 2 is 1.60 bits per heavy atom. The van der Waals surface area contributed by atoms with Gasteiger partial charge in [0.05, 0.1) is 0 Å². The number of amides is 2. The lowest BCUT2D eigenvalue weighted by Crippen LogP contribution is -2.53. The topological polar surface area (TPSA) is 58.6 Å². The predicted molar refractivity (Wildman–Crippen MR) is 135 cm³/mol. The highest BCUT2D eigenvalue weighted by molar-refractivity contribution is 5.88. The molecule has 6 heteroatoms. The van der Waals surface area contributed by atoms with Crippen LogP contribution in [0.1, 0.15) is 37.0 Å². The van der Waals surface area contributed by atoms with E-state index < -0.39 is 6.04 Å². The van der Waals surface area contributed by atoms with Crippen molar-refractivity contribution in [2.75, 3.05) is 6.61 Å². The highest BCUT2D eigenvalue weighted by Gasteiger charge is 2.31. The van der Waals surface area contributed by atoms with Crippen molar-refractivity contribution in [2.24, 2.45) is 0 Å². The lowest BCUT2D eigenvalue weighted by molar-refractivity contribution is -0.143. The van der Waals surface area contributed by atoms with Crippen LogP contribution in [0.2, 0.25) is 0 Å². The largest absolute Gasteiger partial charge is 0.484 e. The number of carbonyl (C=O) groups excluding carboxylic acids is 2. The van der Waals surface area contributed by atoms with E-state index in [0.717, 1.165) is 23.1 Å². The first kappa shape index (κ1) is 25.9. The van der Waals surface area contributed by atoms with E-state index >= 15 is 0 Å². The van der Waals surface area contributed by atoms with E-state index in [4.69, 9.17) is 4.74 Å². The van der Waals surface area contributed by atoms with Gasteiger partial charge in [0.25, 0.3) is 5.91 Å². The molecule has 0 aliphatic carbocycles. The van der Waals surface area contributed by atoms with Crippen LogP contribution in [-0.2, 0) is 22.6 Å². The van der Waals surface area contributed by atoms with Crippen LogP contribution in [-0.4, -0.2) is 35.4 Å². The SMILES string of the molecule is CC[C@H](C)NC(=O)[C@H](Cc1ccccc1)N(Cc1ccc(F)cc1)C(=O)COc1ccccc1C. The third kappa shape index (κ3) is 7.67. The van der Waals surface area contributed by atoms with Crippen molar-refractivity contribution < 1.29 is 18.7 Å². The van der Waals surface area contributed by atoms with Gasteiger partial charge in [-0.2, -0.15) is 0 Å². The molecule has 1 N–H and O–H groups in total. The van der Waals surface area contributed by atoms with Crippen LogP contribution < -0.4 is 10.1 Å². The molecule has 0 saturated carbocycles. The molecule has 0 saturated heterocycles. The Labute approximate surface area is 206 Å². The zero-order chi connectivity index (χ0) is 25.2. The summed E-state index contributed by atoms with van der Waals surface area (Å²) in [5.41, 5.74) is 2.58. The first-order valence-electron chi connectivity index (χ1n) is 11.9. The fourth-order valence-corrected chi connectivity index (χ4v) is 3.72. The molecule has 3 aromatic carbocycles. The van der Waals surface area contributed by atoms with Crippen molar-refractivity contribution in [2.45, 2.75) is 52.2 Å². The van der Waals surface area contributed by atoms with Gasteiger partial charge in [-0.3, -0.25) is 9.59 Å². The first-order valence-corrected chi connectivity index (χ1v) is 11.9. The van der Waals surface area contributed by atoms with Crippen LogP contribution in [0.15, 0.2) is 78.9 Å². The second kappa shape index (κ2) is 12.7. The van der Waals surface area contributed by atoms with Crippen molar-refractivity contribution in [3.8, 4) is 5.75 Å². The minimum Gasteiger partial charge on any atom is -0.484 e. The molecule has 0 spiro atoms. The number of halogens is 1. The molecule has 2 amide bonds. The number of benzene rings is 3. The summed E-state index contributed by atoms with van der Waals surface area (Å²) in [7, 11) is 0. The third-order valence-electron chi connectivity index (χ3n) is 5.98. The minimum absolute atomic E-state index is 0.0354. The van der Waals surface area contributed by atoms with Gasteiger partial charge in [0.1, 0.15) is 17.6 Å². The Morgan fingerprint density at radius 3 is 2.26 bits per heavy atom. The molecule has 5 nitrogen and oxygen atoms in total. The van der Waals surface area contributed by atoms with Crippen molar-refractivity contribution in [1.29, 1.82) is 0 Å². The second-order valence-corrected chi connectivity index (χ2v) is 8.73. The highest BCUT2D eigenvalue weighted by Crippen LogP contribution is 2.19. The van der Waals surface area contributed by atoms with Crippen LogP contribution in [0.25, 0.3) is 0 Å². The smallest absolute Gasteiger partial charge is 0.261 e. The lowest BCUT2D eigenvalue weighted by atomic mass is 10.0. The summed E-state index contributed by atoms with van der Waals surface area (Å²) in [4.78, 5) is 28.5. The molecule has 0 aromatic heterocycles. The summed E-state index contributed by atoms with van der Waals surface area (Å²) in [5, 5.41) is 3.03. The van der Waals surface area contributed by atoms with Gasteiger partial charge in [0.15, 0.2) is 6.61 Å². The number of hydrogen-bond donors (Lipinski definition) is 1. The van der Waals surface area contributed by atoms with Crippen molar-refractivity contribution in [3.05, 3.63) is 101 Å². The highest BCUT2D eigenvalue weighted by atomic mass is 19.1. The monoisotopic (exact) mass is 476 g/mol. The molecule has 0 heterocycles. The summed E-state index contributed by atoms with van der Waals surface area (Å²) in [6.45, 7) is 5.78. The number of aryl methyl sites for hydroxylation is 1. The van der Waals surface area contributed by atoms with Gasteiger partial charge in [-0.15, -0.1) is 0 Å². The van der Waals surface area contributed by atoms with E-state index in [1.54, 1.807) is 12.1 Å². The van der Waals surface area contributed by atoms with Crippen molar-refractivity contribution in [1.82, 2.24) is 10.2 Å². The number of ether oxygens (including phenoxy) is 1. The average Bonchev–Trinajstić information content (AvgIpc) is 2.87.